The highest BCUT2D eigenvalue weighted by molar-refractivity contribution is 5.55. The fourth-order valence-corrected chi connectivity index (χ4v) is 3.38. The summed E-state index contributed by atoms with van der Waals surface area (Å²) >= 11 is 0. The van der Waals surface area contributed by atoms with Crippen molar-refractivity contribution >= 4 is 5.69 Å². The van der Waals surface area contributed by atoms with Gasteiger partial charge in [0.1, 0.15) is 23.7 Å². The Labute approximate surface area is 144 Å². The smallest absolute Gasteiger partial charge is 0.140 e. The van der Waals surface area contributed by atoms with Crippen LogP contribution < -0.4 is 15.2 Å². The van der Waals surface area contributed by atoms with E-state index < -0.39 is 0 Å². The summed E-state index contributed by atoms with van der Waals surface area (Å²) in [6, 6.07) is 7.51. The number of rotatable bonds is 3. The normalized spacial score (nSPS) is 19.5. The van der Waals surface area contributed by atoms with Crippen molar-refractivity contribution in [1.82, 2.24) is 0 Å². The highest BCUT2D eigenvalue weighted by atomic mass is 16.5. The lowest BCUT2D eigenvalue weighted by Gasteiger charge is -2.38. The maximum Gasteiger partial charge on any atom is 0.140 e. The molecule has 2 N–H and O–H groups in total. The maximum absolute atomic E-state index is 6.46. The molecule has 0 fully saturated rings. The zero-order valence-electron chi connectivity index (χ0n) is 15.3. The third-order valence-corrected chi connectivity index (χ3v) is 5.43. The van der Waals surface area contributed by atoms with Gasteiger partial charge in [-0.25, -0.2) is 0 Å². The van der Waals surface area contributed by atoms with E-state index in [0.29, 0.717) is 6.61 Å². The van der Waals surface area contributed by atoms with Gasteiger partial charge in [0.15, 0.2) is 0 Å². The maximum atomic E-state index is 6.46. The van der Waals surface area contributed by atoms with Crippen LogP contribution in [0.4, 0.5) is 5.69 Å². The molecule has 2 aromatic carbocycles. The predicted molar refractivity (Wildman–Crippen MR) is 99.1 cm³/mol. The monoisotopic (exact) mass is 325 g/mol. The molecule has 1 aliphatic heterocycles. The van der Waals surface area contributed by atoms with Crippen LogP contribution in [0.1, 0.15) is 41.2 Å². The van der Waals surface area contributed by atoms with Crippen LogP contribution in [-0.2, 0) is 6.42 Å². The second kappa shape index (κ2) is 6.04. The Kier molecular flexibility index (Phi) is 4.20. The number of nitrogens with two attached hydrogens (primary N) is 1. The van der Waals surface area contributed by atoms with Crippen LogP contribution in [-0.4, -0.2) is 12.2 Å². The van der Waals surface area contributed by atoms with Gasteiger partial charge in [-0.1, -0.05) is 0 Å². The van der Waals surface area contributed by atoms with Gasteiger partial charge in [-0.3, -0.25) is 0 Å². The highest BCUT2D eigenvalue weighted by Crippen LogP contribution is 2.40. The first-order chi connectivity index (χ1) is 11.3. The molecule has 3 nitrogen and oxygen atoms in total. The lowest BCUT2D eigenvalue weighted by atomic mass is 9.85. The average molecular weight is 325 g/mol. The Morgan fingerprint density at radius 3 is 2.29 bits per heavy atom. The Bertz CT molecular complexity index is 765. The Balaban J connectivity index is 1.82. The minimum atomic E-state index is -0.312. The van der Waals surface area contributed by atoms with Crippen molar-refractivity contribution < 1.29 is 9.47 Å². The number of hydrogen-bond donors (Lipinski definition) is 1. The zero-order valence-corrected chi connectivity index (χ0v) is 15.3. The SMILES string of the molecule is Cc1c(C)c(C)c2c(c1C)CCC(C)(COc1ccc(N)cc1)O2. The lowest BCUT2D eigenvalue weighted by molar-refractivity contribution is 0.0167. The molecule has 0 saturated heterocycles. The molecule has 0 radical (unpaired) electrons. The minimum absolute atomic E-state index is 0.312. The zero-order chi connectivity index (χ0) is 17.5. The number of benzene rings is 2. The van der Waals surface area contributed by atoms with Crippen LogP contribution in [0.2, 0.25) is 0 Å². The van der Waals surface area contributed by atoms with Gasteiger partial charge in [0.05, 0.1) is 0 Å². The van der Waals surface area contributed by atoms with Crippen LogP contribution in [0.15, 0.2) is 24.3 Å². The Hall–Kier alpha value is -2.16. The van der Waals surface area contributed by atoms with Crippen LogP contribution in [0.3, 0.4) is 0 Å². The van der Waals surface area contributed by atoms with Crippen LogP contribution in [0, 0.1) is 27.7 Å². The summed E-state index contributed by atoms with van der Waals surface area (Å²) in [6.45, 7) is 11.4. The summed E-state index contributed by atoms with van der Waals surface area (Å²) in [5.41, 5.74) is 12.9. The van der Waals surface area contributed by atoms with Crippen molar-refractivity contribution in [3.63, 3.8) is 0 Å². The van der Waals surface area contributed by atoms with Crippen molar-refractivity contribution in [1.29, 1.82) is 0 Å². The van der Waals surface area contributed by atoms with E-state index >= 15 is 0 Å². The van der Waals surface area contributed by atoms with E-state index in [1.54, 1.807) is 0 Å². The fourth-order valence-electron chi connectivity index (χ4n) is 3.38. The third-order valence-electron chi connectivity index (χ3n) is 5.43. The molecule has 1 unspecified atom stereocenters. The highest BCUT2D eigenvalue weighted by Gasteiger charge is 2.35. The van der Waals surface area contributed by atoms with Gasteiger partial charge in [0, 0.05) is 5.69 Å². The molecule has 0 aromatic heterocycles. The van der Waals surface area contributed by atoms with E-state index in [2.05, 4.69) is 34.6 Å². The van der Waals surface area contributed by atoms with Gasteiger partial charge in [0.25, 0.3) is 0 Å². The topological polar surface area (TPSA) is 44.5 Å². The molecule has 0 saturated carbocycles. The molecular weight excluding hydrogens is 298 g/mol. The van der Waals surface area contributed by atoms with Crippen LogP contribution >= 0.6 is 0 Å². The van der Waals surface area contributed by atoms with Crippen molar-refractivity contribution in [2.75, 3.05) is 12.3 Å². The molecule has 0 spiro atoms. The second-order valence-corrected chi connectivity index (χ2v) is 7.22. The molecule has 128 valence electrons. The van der Waals surface area contributed by atoms with Gasteiger partial charge >= 0.3 is 0 Å². The van der Waals surface area contributed by atoms with Gasteiger partial charge in [-0.15, -0.1) is 0 Å². The van der Waals surface area contributed by atoms with Crippen molar-refractivity contribution in [2.24, 2.45) is 0 Å². The summed E-state index contributed by atoms with van der Waals surface area (Å²) in [5, 5.41) is 0. The van der Waals surface area contributed by atoms with Gasteiger partial charge < -0.3 is 15.2 Å². The van der Waals surface area contributed by atoms with Crippen LogP contribution in [0.25, 0.3) is 0 Å². The van der Waals surface area contributed by atoms with E-state index in [0.717, 1.165) is 30.0 Å². The van der Waals surface area contributed by atoms with E-state index in [4.69, 9.17) is 15.2 Å². The molecule has 2 aromatic rings. The number of fused-ring (bicyclic) bond motifs is 1. The van der Waals surface area contributed by atoms with E-state index in [1.807, 2.05) is 24.3 Å². The summed E-state index contributed by atoms with van der Waals surface area (Å²) in [7, 11) is 0. The summed E-state index contributed by atoms with van der Waals surface area (Å²) in [6.07, 6.45) is 1.99. The van der Waals surface area contributed by atoms with Crippen molar-refractivity contribution in [3.05, 3.63) is 52.1 Å². The van der Waals surface area contributed by atoms with Gasteiger partial charge in [0.2, 0.25) is 0 Å². The van der Waals surface area contributed by atoms with E-state index in [-0.39, 0.29) is 5.60 Å². The molecule has 3 heteroatoms. The third kappa shape index (κ3) is 2.95. The Morgan fingerprint density at radius 2 is 1.62 bits per heavy atom. The largest absolute Gasteiger partial charge is 0.489 e. The first kappa shape index (κ1) is 16.7. The summed E-state index contributed by atoms with van der Waals surface area (Å²) < 4.78 is 12.4. The molecule has 0 bridgehead atoms. The van der Waals surface area contributed by atoms with Gasteiger partial charge in [-0.2, -0.15) is 0 Å². The Morgan fingerprint density at radius 1 is 1.00 bits per heavy atom. The predicted octanol–water partition coefficient (Wildman–Crippen LogP) is 4.67. The summed E-state index contributed by atoms with van der Waals surface area (Å²) in [5.74, 6) is 1.89. The first-order valence-electron chi connectivity index (χ1n) is 8.57. The fraction of sp³-hybridized carbons (Fsp3) is 0.429. The molecular formula is C21H27NO2. The molecule has 1 heterocycles. The molecule has 0 amide bonds. The standard InChI is InChI=1S/C21H27NO2/c1-13-14(2)16(4)20-19(15(13)3)10-11-21(5,24-20)12-23-18-8-6-17(22)7-9-18/h6-9H,10-12,22H2,1-5H3. The minimum Gasteiger partial charge on any atom is -0.489 e. The van der Waals surface area contributed by atoms with E-state index in [9.17, 15) is 0 Å². The molecule has 3 rings (SSSR count). The molecule has 0 aliphatic carbocycles. The van der Waals surface area contributed by atoms with Crippen molar-refractivity contribution in [3.8, 4) is 11.5 Å². The van der Waals surface area contributed by atoms with Crippen LogP contribution in [0.5, 0.6) is 11.5 Å². The first-order valence-corrected chi connectivity index (χ1v) is 8.57. The molecule has 1 atom stereocenters. The summed E-state index contributed by atoms with van der Waals surface area (Å²) in [4.78, 5) is 0. The second-order valence-electron chi connectivity index (χ2n) is 7.22. The average Bonchev–Trinajstić information content (AvgIpc) is 2.57. The van der Waals surface area contributed by atoms with Crippen molar-refractivity contribution in [2.45, 2.75) is 53.1 Å². The molecule has 1 aliphatic rings. The number of anilines is 1. The lowest BCUT2D eigenvalue weighted by Crippen LogP contribution is -2.42. The quantitative estimate of drug-likeness (QED) is 0.834. The van der Waals surface area contributed by atoms with E-state index in [1.165, 1.54) is 27.8 Å². The number of nitrogen functional groups attached to an aromatic ring is 1. The molecule has 24 heavy (non-hydrogen) atoms. The number of hydrogen-bond acceptors (Lipinski definition) is 3. The number of ether oxygens (including phenoxy) is 2. The van der Waals surface area contributed by atoms with Gasteiger partial charge in [-0.05, 0) is 99.5 Å².